The minimum atomic E-state index is -0.479. The number of hydrogen-bond donors (Lipinski definition) is 2. The SMILES string of the molecule is CN1CCOC(CNc2ccncc2C(N)=O)C1. The number of primary amides is 1. The number of hydrogen-bond acceptors (Lipinski definition) is 5. The number of carbonyl (C=O) groups is 1. The molecule has 0 spiro atoms. The summed E-state index contributed by atoms with van der Waals surface area (Å²) in [5.41, 5.74) is 6.39. The minimum Gasteiger partial charge on any atom is -0.382 e. The quantitative estimate of drug-likeness (QED) is 0.781. The van der Waals surface area contributed by atoms with E-state index in [9.17, 15) is 4.79 Å². The van der Waals surface area contributed by atoms with Crippen molar-refractivity contribution in [2.45, 2.75) is 6.10 Å². The van der Waals surface area contributed by atoms with E-state index in [2.05, 4.69) is 22.2 Å². The van der Waals surface area contributed by atoms with E-state index in [1.54, 1.807) is 12.3 Å². The summed E-state index contributed by atoms with van der Waals surface area (Å²) >= 11 is 0. The normalized spacial score (nSPS) is 20.6. The number of aromatic nitrogens is 1. The van der Waals surface area contributed by atoms with Gasteiger partial charge in [0.1, 0.15) is 0 Å². The number of ether oxygens (including phenoxy) is 1. The monoisotopic (exact) mass is 250 g/mol. The molecule has 2 heterocycles. The van der Waals surface area contributed by atoms with Crippen LogP contribution in [0.4, 0.5) is 5.69 Å². The van der Waals surface area contributed by atoms with E-state index in [0.717, 1.165) is 19.7 Å². The van der Waals surface area contributed by atoms with Crippen LogP contribution >= 0.6 is 0 Å². The number of pyridine rings is 1. The molecule has 6 nitrogen and oxygen atoms in total. The Morgan fingerprint density at radius 3 is 3.28 bits per heavy atom. The first-order valence-corrected chi connectivity index (χ1v) is 5.94. The number of morpholine rings is 1. The third-order valence-electron chi connectivity index (χ3n) is 2.95. The van der Waals surface area contributed by atoms with E-state index in [1.165, 1.54) is 6.20 Å². The molecule has 3 N–H and O–H groups in total. The van der Waals surface area contributed by atoms with Crippen LogP contribution in [0.5, 0.6) is 0 Å². The van der Waals surface area contributed by atoms with Crippen molar-refractivity contribution in [3.05, 3.63) is 24.0 Å². The summed E-state index contributed by atoms with van der Waals surface area (Å²) in [6.07, 6.45) is 3.22. The maximum atomic E-state index is 11.2. The van der Waals surface area contributed by atoms with Gasteiger partial charge in [0.05, 0.1) is 24.0 Å². The number of amides is 1. The van der Waals surface area contributed by atoms with E-state index in [1.807, 2.05) is 0 Å². The predicted molar refractivity (Wildman–Crippen MR) is 68.5 cm³/mol. The van der Waals surface area contributed by atoms with Crippen LogP contribution in [0.3, 0.4) is 0 Å². The summed E-state index contributed by atoms with van der Waals surface area (Å²) in [6, 6.07) is 1.74. The summed E-state index contributed by atoms with van der Waals surface area (Å²) in [4.78, 5) is 17.3. The Labute approximate surface area is 106 Å². The lowest BCUT2D eigenvalue weighted by Crippen LogP contribution is -2.43. The molecule has 1 saturated heterocycles. The molecule has 1 aliphatic heterocycles. The third-order valence-corrected chi connectivity index (χ3v) is 2.95. The molecular weight excluding hydrogens is 232 g/mol. The second kappa shape index (κ2) is 5.79. The first-order chi connectivity index (χ1) is 8.66. The highest BCUT2D eigenvalue weighted by atomic mass is 16.5. The molecule has 1 aliphatic rings. The Hall–Kier alpha value is -1.66. The molecule has 0 saturated carbocycles. The highest BCUT2D eigenvalue weighted by Gasteiger charge is 2.18. The predicted octanol–water partition coefficient (Wildman–Crippen LogP) is -0.0770. The van der Waals surface area contributed by atoms with Crippen molar-refractivity contribution in [1.82, 2.24) is 9.88 Å². The van der Waals surface area contributed by atoms with E-state index in [-0.39, 0.29) is 6.10 Å². The van der Waals surface area contributed by atoms with Crippen molar-refractivity contribution in [2.75, 3.05) is 38.6 Å². The van der Waals surface area contributed by atoms with Crippen LogP contribution in [0.1, 0.15) is 10.4 Å². The maximum absolute atomic E-state index is 11.2. The number of carbonyl (C=O) groups excluding carboxylic acids is 1. The highest BCUT2D eigenvalue weighted by Crippen LogP contribution is 2.13. The fourth-order valence-electron chi connectivity index (χ4n) is 1.96. The second-order valence-electron chi connectivity index (χ2n) is 4.42. The summed E-state index contributed by atoms with van der Waals surface area (Å²) in [5.74, 6) is -0.479. The van der Waals surface area contributed by atoms with Crippen molar-refractivity contribution in [2.24, 2.45) is 5.73 Å². The molecule has 1 unspecified atom stereocenters. The smallest absolute Gasteiger partial charge is 0.252 e. The van der Waals surface area contributed by atoms with Gasteiger partial charge in [-0.15, -0.1) is 0 Å². The molecule has 18 heavy (non-hydrogen) atoms. The van der Waals surface area contributed by atoms with E-state index in [4.69, 9.17) is 10.5 Å². The van der Waals surface area contributed by atoms with Gasteiger partial charge in [-0.25, -0.2) is 0 Å². The minimum absolute atomic E-state index is 0.123. The van der Waals surface area contributed by atoms with E-state index < -0.39 is 5.91 Å². The fourth-order valence-corrected chi connectivity index (χ4v) is 1.96. The molecule has 98 valence electrons. The van der Waals surface area contributed by atoms with Gasteiger partial charge in [-0.05, 0) is 13.1 Å². The maximum Gasteiger partial charge on any atom is 0.252 e. The van der Waals surface area contributed by atoms with Crippen LogP contribution in [0.25, 0.3) is 0 Å². The van der Waals surface area contributed by atoms with Gasteiger partial charge in [0.25, 0.3) is 5.91 Å². The molecular formula is C12H18N4O2. The van der Waals surface area contributed by atoms with Gasteiger partial charge in [-0.1, -0.05) is 0 Å². The van der Waals surface area contributed by atoms with E-state index in [0.29, 0.717) is 17.8 Å². The molecule has 1 atom stereocenters. The second-order valence-corrected chi connectivity index (χ2v) is 4.42. The average Bonchev–Trinajstić information content (AvgIpc) is 2.37. The van der Waals surface area contributed by atoms with Crippen molar-refractivity contribution >= 4 is 11.6 Å². The average molecular weight is 250 g/mol. The zero-order valence-electron chi connectivity index (χ0n) is 10.4. The topological polar surface area (TPSA) is 80.5 Å². The highest BCUT2D eigenvalue weighted by molar-refractivity contribution is 5.98. The zero-order chi connectivity index (χ0) is 13.0. The number of nitrogens with two attached hydrogens (primary N) is 1. The van der Waals surface area contributed by atoms with Crippen LogP contribution in [0.15, 0.2) is 18.5 Å². The standard InChI is InChI=1S/C12H18N4O2/c1-16-4-5-18-9(8-16)6-15-11-2-3-14-7-10(11)12(13)17/h2-3,7,9H,4-6,8H2,1H3,(H2,13,17)(H,14,15). The van der Waals surface area contributed by atoms with Crippen LogP contribution in [0, 0.1) is 0 Å². The first-order valence-electron chi connectivity index (χ1n) is 5.94. The van der Waals surface area contributed by atoms with Crippen LogP contribution in [0.2, 0.25) is 0 Å². The van der Waals surface area contributed by atoms with Gasteiger partial charge in [-0.2, -0.15) is 0 Å². The first kappa shape index (κ1) is 12.8. The van der Waals surface area contributed by atoms with Crippen LogP contribution in [-0.4, -0.2) is 55.2 Å². The largest absolute Gasteiger partial charge is 0.382 e. The summed E-state index contributed by atoms with van der Waals surface area (Å²) in [6.45, 7) is 3.22. The molecule has 1 aromatic rings. The van der Waals surface area contributed by atoms with Crippen molar-refractivity contribution in [3.8, 4) is 0 Å². The van der Waals surface area contributed by atoms with Crippen molar-refractivity contribution < 1.29 is 9.53 Å². The fraction of sp³-hybridized carbons (Fsp3) is 0.500. The molecule has 0 radical (unpaired) electrons. The van der Waals surface area contributed by atoms with Crippen LogP contribution < -0.4 is 11.1 Å². The Morgan fingerprint density at radius 1 is 1.72 bits per heavy atom. The molecule has 6 heteroatoms. The lowest BCUT2D eigenvalue weighted by Gasteiger charge is -2.30. The Balaban J connectivity index is 1.95. The Bertz CT molecular complexity index is 424. The van der Waals surface area contributed by atoms with Gasteiger partial charge in [0, 0.05) is 32.0 Å². The number of likely N-dealkylation sites (N-methyl/N-ethyl adjacent to an activating group) is 1. The lowest BCUT2D eigenvalue weighted by molar-refractivity contribution is -0.0117. The lowest BCUT2D eigenvalue weighted by atomic mass is 10.2. The van der Waals surface area contributed by atoms with Gasteiger partial charge in [-0.3, -0.25) is 9.78 Å². The van der Waals surface area contributed by atoms with Crippen LogP contribution in [-0.2, 0) is 4.74 Å². The third kappa shape index (κ3) is 3.18. The number of nitrogens with one attached hydrogen (secondary N) is 1. The number of nitrogens with zero attached hydrogens (tertiary/aromatic N) is 2. The molecule has 0 aliphatic carbocycles. The molecule has 1 fully saturated rings. The number of anilines is 1. The summed E-state index contributed by atoms with van der Waals surface area (Å²) in [5, 5.41) is 3.19. The zero-order valence-corrected chi connectivity index (χ0v) is 10.4. The molecule has 2 rings (SSSR count). The van der Waals surface area contributed by atoms with Gasteiger partial charge in [0.15, 0.2) is 0 Å². The molecule has 1 aromatic heterocycles. The van der Waals surface area contributed by atoms with Gasteiger partial charge >= 0.3 is 0 Å². The van der Waals surface area contributed by atoms with E-state index >= 15 is 0 Å². The summed E-state index contributed by atoms with van der Waals surface area (Å²) < 4.78 is 5.63. The van der Waals surface area contributed by atoms with Gasteiger partial charge < -0.3 is 20.7 Å². The number of rotatable bonds is 4. The van der Waals surface area contributed by atoms with Gasteiger partial charge in [0.2, 0.25) is 0 Å². The molecule has 1 amide bonds. The van der Waals surface area contributed by atoms with Crippen molar-refractivity contribution in [1.29, 1.82) is 0 Å². The Morgan fingerprint density at radius 2 is 2.56 bits per heavy atom. The van der Waals surface area contributed by atoms with Crippen molar-refractivity contribution in [3.63, 3.8) is 0 Å². The molecule has 0 aromatic carbocycles. The molecule has 0 bridgehead atoms. The Kier molecular flexibility index (Phi) is 4.11. The summed E-state index contributed by atoms with van der Waals surface area (Å²) in [7, 11) is 2.07.